The molecule has 7 heteroatoms. The predicted molar refractivity (Wildman–Crippen MR) is 95.1 cm³/mol. The number of aromatic amines is 1. The first-order valence-electron chi connectivity index (χ1n) is 8.12. The highest BCUT2D eigenvalue weighted by Crippen LogP contribution is 2.29. The highest BCUT2D eigenvalue weighted by Gasteiger charge is 2.30. The van der Waals surface area contributed by atoms with Gasteiger partial charge in [-0.1, -0.05) is 18.2 Å². The predicted octanol–water partition coefficient (Wildman–Crippen LogP) is 4.94. The zero-order valence-electron chi connectivity index (χ0n) is 14.0. The molecule has 0 saturated heterocycles. The monoisotopic (exact) mass is 361 g/mol. The molecule has 1 heterocycles. The molecular formula is C19H18F3N3O. The maximum absolute atomic E-state index is 12.8. The molecule has 0 spiro atoms. The van der Waals surface area contributed by atoms with E-state index < -0.39 is 17.8 Å². The average molecular weight is 361 g/mol. The van der Waals surface area contributed by atoms with Crippen LogP contribution in [0, 0.1) is 0 Å². The number of halogens is 3. The molecule has 1 atom stereocenters. The Morgan fingerprint density at radius 3 is 2.73 bits per heavy atom. The van der Waals surface area contributed by atoms with Gasteiger partial charge in [-0.05, 0) is 49.2 Å². The van der Waals surface area contributed by atoms with Gasteiger partial charge in [0.05, 0.1) is 5.56 Å². The van der Waals surface area contributed by atoms with Gasteiger partial charge in [0.25, 0.3) is 0 Å². The number of hydrogen-bond acceptors (Lipinski definition) is 1. The number of carbonyl (C=O) groups is 1. The number of hydrogen-bond donors (Lipinski definition) is 3. The summed E-state index contributed by atoms with van der Waals surface area (Å²) in [5.41, 5.74) is 1.43. The molecular weight excluding hydrogens is 343 g/mol. The van der Waals surface area contributed by atoms with Crippen LogP contribution in [-0.4, -0.2) is 17.1 Å². The van der Waals surface area contributed by atoms with Crippen molar-refractivity contribution in [2.75, 3.05) is 5.32 Å². The highest BCUT2D eigenvalue weighted by atomic mass is 19.4. The number of nitrogens with one attached hydrogen (secondary N) is 3. The molecule has 0 aliphatic rings. The summed E-state index contributed by atoms with van der Waals surface area (Å²) in [5.74, 6) is 0. The van der Waals surface area contributed by atoms with E-state index in [-0.39, 0.29) is 6.04 Å². The fraction of sp³-hybridized carbons (Fsp3) is 0.211. The smallest absolute Gasteiger partial charge is 0.361 e. The first kappa shape index (κ1) is 17.8. The van der Waals surface area contributed by atoms with E-state index in [1.807, 2.05) is 24.4 Å². The van der Waals surface area contributed by atoms with Crippen LogP contribution < -0.4 is 10.6 Å². The second-order valence-electron chi connectivity index (χ2n) is 6.18. The van der Waals surface area contributed by atoms with Crippen molar-refractivity contribution >= 4 is 22.6 Å². The summed E-state index contributed by atoms with van der Waals surface area (Å²) in [5, 5.41) is 6.44. The third-order valence-electron chi connectivity index (χ3n) is 3.98. The van der Waals surface area contributed by atoms with Crippen molar-refractivity contribution < 1.29 is 18.0 Å². The largest absolute Gasteiger partial charge is 0.416 e. The Morgan fingerprint density at radius 2 is 1.96 bits per heavy atom. The van der Waals surface area contributed by atoms with Crippen LogP contribution in [0.2, 0.25) is 0 Å². The van der Waals surface area contributed by atoms with Crippen LogP contribution in [0.3, 0.4) is 0 Å². The quantitative estimate of drug-likeness (QED) is 0.606. The Balaban J connectivity index is 1.59. The van der Waals surface area contributed by atoms with E-state index in [0.29, 0.717) is 17.7 Å². The van der Waals surface area contributed by atoms with E-state index >= 15 is 0 Å². The zero-order valence-corrected chi connectivity index (χ0v) is 14.0. The van der Waals surface area contributed by atoms with Crippen molar-refractivity contribution in [2.45, 2.75) is 25.6 Å². The summed E-state index contributed by atoms with van der Waals surface area (Å²) >= 11 is 0. The van der Waals surface area contributed by atoms with Gasteiger partial charge in [0.15, 0.2) is 0 Å². The third-order valence-corrected chi connectivity index (χ3v) is 3.98. The second kappa shape index (κ2) is 7.11. The van der Waals surface area contributed by atoms with E-state index in [1.165, 1.54) is 6.07 Å². The van der Waals surface area contributed by atoms with Crippen LogP contribution in [0.15, 0.2) is 54.7 Å². The number of fused-ring (bicyclic) bond motifs is 1. The van der Waals surface area contributed by atoms with Gasteiger partial charge in [-0.15, -0.1) is 0 Å². The number of amides is 2. The number of carbonyl (C=O) groups excluding carboxylic acids is 1. The first-order valence-corrected chi connectivity index (χ1v) is 8.12. The molecule has 0 aliphatic heterocycles. The van der Waals surface area contributed by atoms with Gasteiger partial charge in [0.1, 0.15) is 0 Å². The fourth-order valence-corrected chi connectivity index (χ4v) is 2.80. The van der Waals surface area contributed by atoms with Crippen molar-refractivity contribution in [2.24, 2.45) is 0 Å². The SMILES string of the molecule is CC(Cc1cccc(C(F)(F)F)c1)NC(=O)Nc1ccc2[nH]ccc2c1. The molecule has 0 saturated carbocycles. The minimum absolute atomic E-state index is 0.300. The summed E-state index contributed by atoms with van der Waals surface area (Å²) in [6.45, 7) is 1.75. The zero-order chi connectivity index (χ0) is 18.7. The molecule has 26 heavy (non-hydrogen) atoms. The molecule has 136 valence electrons. The summed E-state index contributed by atoms with van der Waals surface area (Å²) in [6.07, 6.45) is -2.26. The van der Waals surface area contributed by atoms with Crippen LogP contribution in [-0.2, 0) is 12.6 Å². The molecule has 4 nitrogen and oxygen atoms in total. The summed E-state index contributed by atoms with van der Waals surface area (Å²) in [4.78, 5) is 15.2. The summed E-state index contributed by atoms with van der Waals surface area (Å²) in [6, 6.07) is 11.8. The lowest BCUT2D eigenvalue weighted by Crippen LogP contribution is -2.37. The van der Waals surface area contributed by atoms with E-state index in [2.05, 4.69) is 15.6 Å². The van der Waals surface area contributed by atoms with Gasteiger partial charge < -0.3 is 15.6 Å². The Morgan fingerprint density at radius 1 is 1.15 bits per heavy atom. The molecule has 1 aromatic heterocycles. The molecule has 2 amide bonds. The molecule has 0 radical (unpaired) electrons. The van der Waals surface area contributed by atoms with Gasteiger partial charge in [0, 0.05) is 28.8 Å². The lowest BCUT2D eigenvalue weighted by molar-refractivity contribution is -0.137. The fourth-order valence-electron chi connectivity index (χ4n) is 2.80. The van der Waals surface area contributed by atoms with Crippen LogP contribution in [0.1, 0.15) is 18.1 Å². The lowest BCUT2D eigenvalue weighted by atomic mass is 10.0. The van der Waals surface area contributed by atoms with E-state index in [9.17, 15) is 18.0 Å². The Kier molecular flexibility index (Phi) is 4.88. The van der Waals surface area contributed by atoms with Crippen molar-refractivity contribution in [1.82, 2.24) is 10.3 Å². The molecule has 2 aromatic carbocycles. The normalized spacial score (nSPS) is 12.8. The summed E-state index contributed by atoms with van der Waals surface area (Å²) in [7, 11) is 0. The Labute approximate surface area is 148 Å². The summed E-state index contributed by atoms with van der Waals surface area (Å²) < 4.78 is 38.3. The number of rotatable bonds is 4. The number of anilines is 1. The number of benzene rings is 2. The molecule has 0 bridgehead atoms. The Bertz CT molecular complexity index is 918. The molecule has 0 aliphatic carbocycles. The second-order valence-corrected chi connectivity index (χ2v) is 6.18. The van der Waals surface area contributed by atoms with E-state index in [4.69, 9.17) is 0 Å². The van der Waals surface area contributed by atoms with Crippen LogP contribution in [0.25, 0.3) is 10.9 Å². The van der Waals surface area contributed by atoms with Crippen molar-refractivity contribution in [1.29, 1.82) is 0 Å². The number of alkyl halides is 3. The van der Waals surface area contributed by atoms with Crippen LogP contribution in [0.5, 0.6) is 0 Å². The Hall–Kier alpha value is -2.96. The first-order chi connectivity index (χ1) is 12.3. The van der Waals surface area contributed by atoms with Crippen LogP contribution in [0.4, 0.5) is 23.7 Å². The highest BCUT2D eigenvalue weighted by molar-refractivity contribution is 5.92. The molecule has 0 fully saturated rings. The van der Waals surface area contributed by atoms with Gasteiger partial charge in [-0.25, -0.2) is 4.79 Å². The molecule has 3 aromatic rings. The molecule has 3 rings (SSSR count). The van der Waals surface area contributed by atoms with Gasteiger partial charge in [0.2, 0.25) is 0 Å². The van der Waals surface area contributed by atoms with Gasteiger partial charge >= 0.3 is 12.2 Å². The topological polar surface area (TPSA) is 56.9 Å². The van der Waals surface area contributed by atoms with Crippen molar-refractivity contribution in [3.8, 4) is 0 Å². The van der Waals surface area contributed by atoms with Crippen molar-refractivity contribution in [3.63, 3.8) is 0 Å². The molecule has 3 N–H and O–H groups in total. The van der Waals surface area contributed by atoms with Gasteiger partial charge in [-0.3, -0.25) is 0 Å². The maximum Gasteiger partial charge on any atom is 0.416 e. The van der Waals surface area contributed by atoms with E-state index in [1.54, 1.807) is 19.1 Å². The third kappa shape index (κ3) is 4.36. The lowest BCUT2D eigenvalue weighted by Gasteiger charge is -2.16. The average Bonchev–Trinajstić information content (AvgIpc) is 3.01. The number of urea groups is 1. The number of H-pyrrole nitrogens is 1. The van der Waals surface area contributed by atoms with Crippen LogP contribution >= 0.6 is 0 Å². The van der Waals surface area contributed by atoms with E-state index in [0.717, 1.165) is 23.0 Å². The minimum Gasteiger partial charge on any atom is -0.361 e. The standard InChI is InChI=1S/C19H18F3N3O/c1-12(9-13-3-2-4-15(10-13)19(20,21)22)24-18(26)25-16-5-6-17-14(11-16)7-8-23-17/h2-8,10-12,23H,9H2,1H3,(H2,24,25,26). The number of aromatic nitrogens is 1. The van der Waals surface area contributed by atoms with Crippen molar-refractivity contribution in [3.05, 3.63) is 65.9 Å². The molecule has 1 unspecified atom stereocenters. The minimum atomic E-state index is -4.37. The van der Waals surface area contributed by atoms with Gasteiger partial charge in [-0.2, -0.15) is 13.2 Å². The maximum atomic E-state index is 12.8.